The second-order valence-corrected chi connectivity index (χ2v) is 4.10. The van der Waals surface area contributed by atoms with Gasteiger partial charge in [-0.15, -0.1) is 0 Å². The highest BCUT2D eigenvalue weighted by atomic mass is 16.7. The minimum atomic E-state index is -0.189. The van der Waals surface area contributed by atoms with Crippen LogP contribution in [0, 0.1) is 0 Å². The van der Waals surface area contributed by atoms with Gasteiger partial charge in [0.15, 0.2) is 5.75 Å². The third-order valence-electron chi connectivity index (χ3n) is 2.79. The summed E-state index contributed by atoms with van der Waals surface area (Å²) >= 11 is 0. The highest BCUT2D eigenvalue weighted by Gasteiger charge is 2.23. The first-order chi connectivity index (χ1) is 8.74. The molecule has 5 nitrogen and oxygen atoms in total. The fourth-order valence-electron chi connectivity index (χ4n) is 1.92. The van der Waals surface area contributed by atoms with Gasteiger partial charge in [-0.3, -0.25) is 9.63 Å². The van der Waals surface area contributed by atoms with Gasteiger partial charge in [-0.05, 0) is 31.9 Å². The van der Waals surface area contributed by atoms with Gasteiger partial charge in [-0.25, -0.2) is 5.06 Å². The molecule has 0 spiro atoms. The quantitative estimate of drug-likeness (QED) is 0.831. The Balaban J connectivity index is 2.25. The van der Waals surface area contributed by atoms with Crippen molar-refractivity contribution in [3.8, 4) is 5.75 Å². The average Bonchev–Trinajstić information content (AvgIpc) is 2.41. The van der Waals surface area contributed by atoms with E-state index in [1.165, 1.54) is 5.06 Å². The molecule has 0 atom stereocenters. The molecular weight excluding hydrogens is 232 g/mol. The predicted octanol–water partition coefficient (Wildman–Crippen LogP) is 1.84. The number of rotatable bonds is 3. The number of carbonyl (C=O) groups is 1. The third kappa shape index (κ3) is 2.56. The van der Waals surface area contributed by atoms with Gasteiger partial charge in [0.1, 0.15) is 0 Å². The number of amides is 1. The van der Waals surface area contributed by atoms with Gasteiger partial charge >= 0.3 is 0 Å². The van der Waals surface area contributed by atoms with Gasteiger partial charge in [0, 0.05) is 6.54 Å². The zero-order chi connectivity index (χ0) is 13.0. The zero-order valence-corrected chi connectivity index (χ0v) is 10.5. The summed E-state index contributed by atoms with van der Waals surface area (Å²) in [5.74, 6) is 0.254. The van der Waals surface area contributed by atoms with Crippen molar-refractivity contribution < 1.29 is 14.4 Å². The van der Waals surface area contributed by atoms with Crippen LogP contribution >= 0.6 is 0 Å². The number of benzene rings is 1. The average molecular weight is 250 g/mol. The molecule has 1 aromatic rings. The maximum Gasteiger partial charge on any atom is 0.281 e. The number of hydroxylamine groups is 2. The largest absolute Gasteiger partial charge is 0.491 e. The molecule has 0 unspecified atom stereocenters. The van der Waals surface area contributed by atoms with Crippen LogP contribution in [0.3, 0.4) is 0 Å². The van der Waals surface area contributed by atoms with Crippen LogP contribution in [-0.4, -0.2) is 30.7 Å². The summed E-state index contributed by atoms with van der Waals surface area (Å²) in [4.78, 5) is 17.7. The molecule has 98 valence electrons. The zero-order valence-electron chi connectivity index (χ0n) is 10.5. The molecule has 1 aromatic carbocycles. The van der Waals surface area contributed by atoms with E-state index in [0.717, 1.165) is 12.8 Å². The molecule has 1 saturated heterocycles. The van der Waals surface area contributed by atoms with Crippen molar-refractivity contribution in [3.05, 3.63) is 23.8 Å². The molecule has 0 radical (unpaired) electrons. The van der Waals surface area contributed by atoms with Crippen molar-refractivity contribution in [2.45, 2.75) is 19.8 Å². The molecule has 0 aliphatic carbocycles. The number of anilines is 1. The Kier molecular flexibility index (Phi) is 4.04. The van der Waals surface area contributed by atoms with Crippen molar-refractivity contribution in [1.29, 1.82) is 0 Å². The Morgan fingerprint density at radius 1 is 1.50 bits per heavy atom. The third-order valence-corrected chi connectivity index (χ3v) is 2.79. The Morgan fingerprint density at radius 2 is 2.33 bits per heavy atom. The van der Waals surface area contributed by atoms with Crippen LogP contribution in [0.2, 0.25) is 0 Å². The van der Waals surface area contributed by atoms with Crippen molar-refractivity contribution in [2.24, 2.45) is 0 Å². The minimum Gasteiger partial charge on any atom is -0.491 e. The fourth-order valence-corrected chi connectivity index (χ4v) is 1.92. The van der Waals surface area contributed by atoms with E-state index in [-0.39, 0.29) is 5.91 Å². The lowest BCUT2D eigenvalue weighted by Crippen LogP contribution is -2.36. The van der Waals surface area contributed by atoms with Gasteiger partial charge in [0.05, 0.1) is 24.5 Å². The molecule has 2 N–H and O–H groups in total. The van der Waals surface area contributed by atoms with Gasteiger partial charge in [-0.2, -0.15) is 0 Å². The number of nitrogen functional groups attached to an aromatic ring is 1. The monoisotopic (exact) mass is 250 g/mol. The Labute approximate surface area is 106 Å². The smallest absolute Gasteiger partial charge is 0.281 e. The number of ether oxygens (including phenoxy) is 1. The number of nitrogens with zero attached hydrogens (tertiary/aromatic N) is 1. The topological polar surface area (TPSA) is 64.8 Å². The van der Waals surface area contributed by atoms with Crippen LogP contribution in [0.5, 0.6) is 5.75 Å². The molecule has 1 heterocycles. The molecule has 0 aromatic heterocycles. The van der Waals surface area contributed by atoms with Crippen LogP contribution < -0.4 is 10.5 Å². The van der Waals surface area contributed by atoms with E-state index in [9.17, 15) is 4.79 Å². The second kappa shape index (κ2) is 5.73. The lowest BCUT2D eigenvalue weighted by molar-refractivity contribution is -0.144. The van der Waals surface area contributed by atoms with E-state index in [1.807, 2.05) is 6.92 Å². The Bertz CT molecular complexity index is 428. The predicted molar refractivity (Wildman–Crippen MR) is 68.2 cm³/mol. The van der Waals surface area contributed by atoms with Gasteiger partial charge in [0.25, 0.3) is 5.91 Å². The minimum absolute atomic E-state index is 0.189. The summed E-state index contributed by atoms with van der Waals surface area (Å²) in [6, 6.07) is 5.18. The molecule has 1 amide bonds. The Morgan fingerprint density at radius 3 is 3.00 bits per heavy atom. The van der Waals surface area contributed by atoms with Crippen molar-refractivity contribution in [2.75, 3.05) is 25.5 Å². The molecular formula is C13H18N2O3. The standard InChI is InChI=1S/C13H18N2O3/c1-2-17-12-10(6-5-7-11(12)14)13(16)15-8-3-4-9-18-15/h5-7H,2-4,8-9,14H2,1H3. The number of para-hydroxylation sites is 1. The van der Waals surface area contributed by atoms with Crippen LogP contribution in [0.15, 0.2) is 18.2 Å². The summed E-state index contributed by atoms with van der Waals surface area (Å²) in [5.41, 5.74) is 6.77. The van der Waals surface area contributed by atoms with Gasteiger partial charge < -0.3 is 10.5 Å². The Hall–Kier alpha value is -1.75. The van der Waals surface area contributed by atoms with Crippen LogP contribution in [0.25, 0.3) is 0 Å². The second-order valence-electron chi connectivity index (χ2n) is 4.10. The lowest BCUT2D eigenvalue weighted by Gasteiger charge is -2.26. The van der Waals surface area contributed by atoms with Gasteiger partial charge in [-0.1, -0.05) is 6.07 Å². The number of hydrogen-bond acceptors (Lipinski definition) is 4. The molecule has 1 aliphatic rings. The van der Waals surface area contributed by atoms with Gasteiger partial charge in [0.2, 0.25) is 0 Å². The first-order valence-corrected chi connectivity index (χ1v) is 6.20. The van der Waals surface area contributed by atoms with Crippen molar-refractivity contribution >= 4 is 11.6 Å². The summed E-state index contributed by atoms with van der Waals surface area (Å²) in [6.07, 6.45) is 1.94. The SMILES string of the molecule is CCOc1c(N)cccc1C(=O)N1CCCCO1. The van der Waals surface area contributed by atoms with E-state index in [2.05, 4.69) is 0 Å². The molecule has 1 fully saturated rings. The van der Waals surface area contributed by atoms with E-state index in [4.69, 9.17) is 15.3 Å². The first-order valence-electron chi connectivity index (χ1n) is 6.20. The number of nitrogens with two attached hydrogens (primary N) is 1. The summed E-state index contributed by atoms with van der Waals surface area (Å²) < 4.78 is 5.45. The molecule has 0 saturated carbocycles. The maximum absolute atomic E-state index is 12.3. The van der Waals surface area contributed by atoms with E-state index in [0.29, 0.717) is 36.8 Å². The molecule has 0 bridgehead atoms. The van der Waals surface area contributed by atoms with E-state index < -0.39 is 0 Å². The highest BCUT2D eigenvalue weighted by molar-refractivity contribution is 5.98. The first kappa shape index (κ1) is 12.7. The molecule has 18 heavy (non-hydrogen) atoms. The van der Waals surface area contributed by atoms with E-state index >= 15 is 0 Å². The molecule has 5 heteroatoms. The number of carbonyl (C=O) groups excluding carboxylic acids is 1. The van der Waals surface area contributed by atoms with Crippen molar-refractivity contribution in [3.63, 3.8) is 0 Å². The number of hydrogen-bond donors (Lipinski definition) is 1. The van der Waals surface area contributed by atoms with Crippen LogP contribution in [-0.2, 0) is 4.84 Å². The normalized spacial score (nSPS) is 15.5. The van der Waals surface area contributed by atoms with Crippen LogP contribution in [0.4, 0.5) is 5.69 Å². The van der Waals surface area contributed by atoms with E-state index in [1.54, 1.807) is 18.2 Å². The molecule has 2 rings (SSSR count). The summed E-state index contributed by atoms with van der Waals surface area (Å²) in [7, 11) is 0. The fraction of sp³-hybridized carbons (Fsp3) is 0.462. The summed E-state index contributed by atoms with van der Waals surface area (Å²) in [5, 5.41) is 1.39. The highest BCUT2D eigenvalue weighted by Crippen LogP contribution is 2.28. The molecule has 1 aliphatic heterocycles. The summed E-state index contributed by atoms with van der Waals surface area (Å²) in [6.45, 7) is 3.52. The lowest BCUT2D eigenvalue weighted by atomic mass is 10.1. The maximum atomic E-state index is 12.3. The van der Waals surface area contributed by atoms with Crippen LogP contribution in [0.1, 0.15) is 30.1 Å². The van der Waals surface area contributed by atoms with Crippen molar-refractivity contribution in [1.82, 2.24) is 5.06 Å².